The minimum atomic E-state index is -1.05. The molecule has 1 heterocycles. The lowest BCUT2D eigenvalue weighted by Crippen LogP contribution is -2.54. The minimum Gasteiger partial charge on any atom is -0.495 e. The Bertz CT molecular complexity index is 1610. The molecule has 0 aromatic heterocycles. The number of imide groups is 2. The molecule has 2 N–H and O–H groups in total. The van der Waals surface area contributed by atoms with Crippen molar-refractivity contribution >= 4 is 62.8 Å². The van der Waals surface area contributed by atoms with Crippen molar-refractivity contribution in [2.45, 2.75) is 0 Å². The second kappa shape index (κ2) is 12.3. The number of carbonyl (C=O) groups excluding carboxylic acids is 4. The molecule has 1 saturated heterocycles. The van der Waals surface area contributed by atoms with E-state index in [1.807, 2.05) is 0 Å². The second-order valence-electron chi connectivity index (χ2n) is 8.31. The number of nitro groups is 1. The van der Waals surface area contributed by atoms with E-state index >= 15 is 0 Å². The minimum absolute atomic E-state index is 0.0889. The van der Waals surface area contributed by atoms with Gasteiger partial charge in [-0.3, -0.25) is 29.8 Å². The summed E-state index contributed by atoms with van der Waals surface area (Å²) >= 11 is 3.35. The number of hydrogen-bond acceptors (Lipinski definition) is 9. The summed E-state index contributed by atoms with van der Waals surface area (Å²) in [7, 11) is 2.84. The van der Waals surface area contributed by atoms with Crippen LogP contribution in [0.4, 0.5) is 21.9 Å². The molecule has 14 heteroatoms. The van der Waals surface area contributed by atoms with Crippen molar-refractivity contribution in [1.82, 2.24) is 5.32 Å². The Kier molecular flexibility index (Phi) is 8.63. The first-order valence-electron chi connectivity index (χ1n) is 11.7. The molecule has 0 aliphatic carbocycles. The molecule has 13 nitrogen and oxygen atoms in total. The molecule has 0 saturated carbocycles. The first-order chi connectivity index (χ1) is 19.6. The molecule has 0 atom stereocenters. The number of ether oxygens (including phenoxy) is 3. The van der Waals surface area contributed by atoms with E-state index in [0.29, 0.717) is 26.4 Å². The number of rotatable bonds is 9. The molecule has 1 aliphatic heterocycles. The molecule has 1 fully saturated rings. The average Bonchev–Trinajstić information content (AvgIpc) is 2.94. The van der Waals surface area contributed by atoms with Crippen LogP contribution in [0.3, 0.4) is 0 Å². The highest BCUT2D eigenvalue weighted by atomic mass is 79.9. The number of amides is 5. The summed E-state index contributed by atoms with van der Waals surface area (Å²) in [5.74, 6) is -1.58. The molecule has 41 heavy (non-hydrogen) atoms. The van der Waals surface area contributed by atoms with Crippen molar-refractivity contribution < 1.29 is 38.3 Å². The van der Waals surface area contributed by atoms with Crippen molar-refractivity contribution in [3.05, 3.63) is 86.4 Å². The summed E-state index contributed by atoms with van der Waals surface area (Å²) in [6.07, 6.45) is 1.22. The van der Waals surface area contributed by atoms with Crippen LogP contribution in [0.5, 0.6) is 17.2 Å². The SMILES string of the molecule is COc1ccccc1NC(=O)COc1c(Br)cc(/C=C2/C(=O)NC(=O)N(c3cccc([N+](=O)[O-])c3)C2=O)cc1OC. The number of benzene rings is 3. The summed E-state index contributed by atoms with van der Waals surface area (Å²) in [5, 5.41) is 15.9. The average molecular weight is 625 g/mol. The van der Waals surface area contributed by atoms with Crippen LogP contribution in [-0.2, 0) is 14.4 Å². The lowest BCUT2D eigenvalue weighted by Gasteiger charge is -2.26. The molecule has 4 rings (SSSR count). The molecule has 3 aromatic rings. The van der Waals surface area contributed by atoms with Crippen LogP contribution in [0.25, 0.3) is 6.08 Å². The topological polar surface area (TPSA) is 166 Å². The van der Waals surface area contributed by atoms with E-state index in [2.05, 4.69) is 26.6 Å². The predicted molar refractivity (Wildman–Crippen MR) is 150 cm³/mol. The first kappa shape index (κ1) is 28.8. The van der Waals surface area contributed by atoms with Crippen LogP contribution < -0.4 is 29.7 Å². The predicted octanol–water partition coefficient (Wildman–Crippen LogP) is 4.06. The lowest BCUT2D eigenvalue weighted by molar-refractivity contribution is -0.384. The molecule has 0 radical (unpaired) electrons. The van der Waals surface area contributed by atoms with Crippen molar-refractivity contribution in [1.29, 1.82) is 0 Å². The molecule has 5 amide bonds. The monoisotopic (exact) mass is 624 g/mol. The fourth-order valence-electron chi connectivity index (χ4n) is 3.84. The zero-order chi connectivity index (χ0) is 29.7. The van der Waals surface area contributed by atoms with Crippen LogP contribution >= 0.6 is 15.9 Å². The summed E-state index contributed by atoms with van der Waals surface area (Å²) in [4.78, 5) is 61.8. The van der Waals surface area contributed by atoms with Gasteiger partial charge >= 0.3 is 6.03 Å². The summed E-state index contributed by atoms with van der Waals surface area (Å²) in [5.41, 5.74) is -0.0636. The molecule has 210 valence electrons. The van der Waals surface area contributed by atoms with E-state index in [-0.39, 0.29) is 29.5 Å². The smallest absolute Gasteiger partial charge is 0.335 e. The number of nitro benzene ring substituents is 1. The van der Waals surface area contributed by atoms with E-state index in [1.165, 1.54) is 50.6 Å². The van der Waals surface area contributed by atoms with Gasteiger partial charge in [-0.1, -0.05) is 18.2 Å². The molecule has 3 aromatic carbocycles. The van der Waals surface area contributed by atoms with Gasteiger partial charge in [-0.2, -0.15) is 0 Å². The Hall–Kier alpha value is -5.24. The number of hydrogen-bond donors (Lipinski definition) is 2. The van der Waals surface area contributed by atoms with Gasteiger partial charge < -0.3 is 19.5 Å². The quantitative estimate of drug-likeness (QED) is 0.154. The number of carbonyl (C=O) groups is 4. The number of methoxy groups -OCH3 is 2. The maximum Gasteiger partial charge on any atom is 0.335 e. The Balaban J connectivity index is 1.57. The highest BCUT2D eigenvalue weighted by Gasteiger charge is 2.37. The molecule has 0 spiro atoms. The van der Waals surface area contributed by atoms with Gasteiger partial charge in [-0.05, 0) is 57.9 Å². The fraction of sp³-hybridized carbons (Fsp3) is 0.111. The Morgan fingerprint density at radius 2 is 1.78 bits per heavy atom. The molecule has 1 aliphatic rings. The number of nitrogens with zero attached hydrogens (tertiary/aromatic N) is 2. The third kappa shape index (κ3) is 6.33. The van der Waals surface area contributed by atoms with Crippen LogP contribution in [-0.4, -0.2) is 49.5 Å². The van der Waals surface area contributed by atoms with Gasteiger partial charge in [-0.15, -0.1) is 0 Å². The fourth-order valence-corrected chi connectivity index (χ4v) is 4.41. The zero-order valence-electron chi connectivity index (χ0n) is 21.5. The number of barbiturate groups is 1. The molecule has 0 unspecified atom stereocenters. The number of nitrogens with one attached hydrogen (secondary N) is 2. The van der Waals surface area contributed by atoms with E-state index in [0.717, 1.165) is 6.07 Å². The van der Waals surface area contributed by atoms with E-state index < -0.39 is 34.2 Å². The molecular weight excluding hydrogens is 604 g/mol. The summed E-state index contributed by atoms with van der Waals surface area (Å²) in [6.45, 7) is -0.380. The van der Waals surface area contributed by atoms with Crippen LogP contribution in [0.1, 0.15) is 5.56 Å². The first-order valence-corrected chi connectivity index (χ1v) is 12.5. The number of non-ortho nitro benzene ring substituents is 1. The molecule has 0 bridgehead atoms. The van der Waals surface area contributed by atoms with E-state index in [4.69, 9.17) is 14.2 Å². The number of anilines is 2. The number of halogens is 1. The highest BCUT2D eigenvalue weighted by molar-refractivity contribution is 9.10. The standard InChI is InChI=1S/C27H21BrN4O9/c1-39-21-9-4-3-8-20(21)29-23(33)14-41-24-19(28)11-15(12-22(24)40-2)10-18-25(34)30-27(36)31(26(18)35)16-6-5-7-17(13-16)32(37)38/h3-13H,14H2,1-2H3,(H,29,33)(H,30,34,36)/b18-10-. The van der Waals surface area contributed by atoms with E-state index in [9.17, 15) is 29.3 Å². The maximum atomic E-state index is 13.2. The van der Waals surface area contributed by atoms with Gasteiger partial charge in [0.1, 0.15) is 11.3 Å². The highest BCUT2D eigenvalue weighted by Crippen LogP contribution is 2.38. The van der Waals surface area contributed by atoms with Crippen LogP contribution in [0.15, 0.2) is 70.7 Å². The van der Waals surface area contributed by atoms with Crippen molar-refractivity contribution in [3.8, 4) is 17.2 Å². The van der Waals surface area contributed by atoms with Crippen molar-refractivity contribution in [2.75, 3.05) is 31.0 Å². The van der Waals surface area contributed by atoms with Crippen LogP contribution in [0.2, 0.25) is 0 Å². The van der Waals surface area contributed by atoms with Gasteiger partial charge in [0.25, 0.3) is 23.4 Å². The number of urea groups is 1. The summed E-state index contributed by atoms with van der Waals surface area (Å²) in [6, 6.07) is 13.7. The third-order valence-electron chi connectivity index (χ3n) is 5.69. The zero-order valence-corrected chi connectivity index (χ0v) is 23.1. The molecular formula is C27H21BrN4O9. The van der Waals surface area contributed by atoms with Gasteiger partial charge in [0.05, 0.1) is 35.0 Å². The summed E-state index contributed by atoms with van der Waals surface area (Å²) < 4.78 is 16.6. The van der Waals surface area contributed by atoms with Gasteiger partial charge in [0.2, 0.25) is 0 Å². The van der Waals surface area contributed by atoms with Crippen molar-refractivity contribution in [2.24, 2.45) is 0 Å². The lowest BCUT2D eigenvalue weighted by atomic mass is 10.1. The second-order valence-corrected chi connectivity index (χ2v) is 9.16. The third-order valence-corrected chi connectivity index (χ3v) is 6.28. The van der Waals surface area contributed by atoms with Gasteiger partial charge in [0.15, 0.2) is 18.1 Å². The van der Waals surface area contributed by atoms with Crippen molar-refractivity contribution in [3.63, 3.8) is 0 Å². The van der Waals surface area contributed by atoms with Crippen LogP contribution in [0, 0.1) is 10.1 Å². The number of para-hydroxylation sites is 2. The maximum absolute atomic E-state index is 13.2. The largest absolute Gasteiger partial charge is 0.495 e. The Morgan fingerprint density at radius 3 is 2.49 bits per heavy atom. The normalized spacial score (nSPS) is 14.0. The Labute approximate surface area is 241 Å². The Morgan fingerprint density at radius 1 is 1.05 bits per heavy atom. The van der Waals surface area contributed by atoms with E-state index in [1.54, 1.807) is 24.3 Å². The van der Waals surface area contributed by atoms with Gasteiger partial charge in [-0.25, -0.2) is 9.69 Å². The van der Waals surface area contributed by atoms with Gasteiger partial charge in [0, 0.05) is 12.1 Å².